The number of aromatic nitrogens is 2. The van der Waals surface area contributed by atoms with E-state index in [1.807, 2.05) is 30.3 Å². The minimum atomic E-state index is 0.276. The number of rotatable bonds is 5. The summed E-state index contributed by atoms with van der Waals surface area (Å²) in [6.07, 6.45) is 0. The summed E-state index contributed by atoms with van der Waals surface area (Å²) in [6.45, 7) is 4.60. The molecule has 0 fully saturated rings. The summed E-state index contributed by atoms with van der Waals surface area (Å²) in [7, 11) is 0. The highest BCUT2D eigenvalue weighted by molar-refractivity contribution is 5.86. The molecule has 0 aliphatic rings. The molecule has 0 unspecified atom stereocenters. The standard InChI is InChI=1S/C22H20N2O2/c1-15(2)17-8-5-9-20(13-17)25-14-21-23-22(26-24-21)19-11-10-16-6-3-4-7-18(16)12-19/h3-13,15H,14H2,1-2H3. The Morgan fingerprint density at radius 3 is 2.62 bits per heavy atom. The minimum absolute atomic E-state index is 0.276. The van der Waals surface area contributed by atoms with Gasteiger partial charge in [-0.05, 0) is 46.5 Å². The number of ether oxygens (including phenoxy) is 1. The summed E-state index contributed by atoms with van der Waals surface area (Å²) in [5.74, 6) is 2.31. The van der Waals surface area contributed by atoms with Crippen molar-refractivity contribution in [3.8, 4) is 17.2 Å². The third kappa shape index (κ3) is 3.45. The van der Waals surface area contributed by atoms with Crippen molar-refractivity contribution in [2.24, 2.45) is 0 Å². The van der Waals surface area contributed by atoms with E-state index < -0.39 is 0 Å². The van der Waals surface area contributed by atoms with Crippen molar-refractivity contribution in [2.75, 3.05) is 0 Å². The van der Waals surface area contributed by atoms with Crippen LogP contribution < -0.4 is 4.74 Å². The van der Waals surface area contributed by atoms with Gasteiger partial charge < -0.3 is 9.26 Å². The summed E-state index contributed by atoms with van der Waals surface area (Å²) in [4.78, 5) is 4.46. The second kappa shape index (κ2) is 7.00. The fourth-order valence-corrected chi connectivity index (χ4v) is 2.86. The fourth-order valence-electron chi connectivity index (χ4n) is 2.86. The molecule has 130 valence electrons. The predicted octanol–water partition coefficient (Wildman–Crippen LogP) is 5.59. The second-order valence-corrected chi connectivity index (χ2v) is 6.59. The van der Waals surface area contributed by atoms with E-state index in [1.165, 1.54) is 10.9 Å². The van der Waals surface area contributed by atoms with Crippen LogP contribution in [0.4, 0.5) is 0 Å². The Balaban J connectivity index is 1.50. The van der Waals surface area contributed by atoms with Crippen LogP contribution in [0, 0.1) is 0 Å². The van der Waals surface area contributed by atoms with Crippen molar-refractivity contribution >= 4 is 10.8 Å². The summed E-state index contributed by atoms with van der Waals surface area (Å²) >= 11 is 0. The fraction of sp³-hybridized carbons (Fsp3) is 0.182. The number of hydrogen-bond acceptors (Lipinski definition) is 4. The van der Waals surface area contributed by atoms with Crippen molar-refractivity contribution in [3.05, 3.63) is 78.1 Å². The number of nitrogens with zero attached hydrogens (tertiary/aromatic N) is 2. The molecule has 0 saturated carbocycles. The molecule has 0 aliphatic carbocycles. The van der Waals surface area contributed by atoms with E-state index in [0.717, 1.165) is 16.7 Å². The second-order valence-electron chi connectivity index (χ2n) is 6.59. The Labute approximate surface area is 152 Å². The number of hydrogen-bond donors (Lipinski definition) is 0. The zero-order valence-corrected chi connectivity index (χ0v) is 14.8. The lowest BCUT2D eigenvalue weighted by Gasteiger charge is -2.08. The van der Waals surface area contributed by atoms with Gasteiger partial charge in [0.05, 0.1) is 0 Å². The predicted molar refractivity (Wildman–Crippen MR) is 102 cm³/mol. The molecule has 0 N–H and O–H groups in total. The first-order valence-corrected chi connectivity index (χ1v) is 8.73. The van der Waals surface area contributed by atoms with Gasteiger partial charge in [0.25, 0.3) is 5.89 Å². The van der Waals surface area contributed by atoms with Gasteiger partial charge >= 0.3 is 0 Å². The van der Waals surface area contributed by atoms with E-state index in [-0.39, 0.29) is 6.61 Å². The molecule has 0 radical (unpaired) electrons. The van der Waals surface area contributed by atoms with Gasteiger partial charge in [-0.1, -0.05) is 61.5 Å². The Bertz CT molecular complexity index is 1040. The molecule has 0 saturated heterocycles. The van der Waals surface area contributed by atoms with Gasteiger partial charge in [-0.3, -0.25) is 0 Å². The first kappa shape index (κ1) is 16.3. The lowest BCUT2D eigenvalue weighted by atomic mass is 10.0. The van der Waals surface area contributed by atoms with Crippen LogP contribution in [-0.2, 0) is 6.61 Å². The molecule has 0 atom stereocenters. The smallest absolute Gasteiger partial charge is 0.258 e. The van der Waals surface area contributed by atoms with Crippen LogP contribution in [0.1, 0.15) is 31.2 Å². The Morgan fingerprint density at radius 2 is 1.77 bits per heavy atom. The molecule has 0 bridgehead atoms. The normalized spacial score (nSPS) is 11.2. The van der Waals surface area contributed by atoms with Crippen molar-refractivity contribution in [1.82, 2.24) is 10.1 Å². The summed E-state index contributed by atoms with van der Waals surface area (Å²) in [5.41, 5.74) is 2.15. The minimum Gasteiger partial charge on any atom is -0.485 e. The molecule has 4 nitrogen and oxygen atoms in total. The zero-order valence-electron chi connectivity index (χ0n) is 14.8. The van der Waals surface area contributed by atoms with E-state index in [4.69, 9.17) is 9.26 Å². The van der Waals surface area contributed by atoms with Crippen LogP contribution in [0.5, 0.6) is 5.75 Å². The van der Waals surface area contributed by atoms with Crippen molar-refractivity contribution in [2.45, 2.75) is 26.4 Å². The van der Waals surface area contributed by atoms with Gasteiger partial charge in [-0.25, -0.2) is 0 Å². The molecular weight excluding hydrogens is 324 g/mol. The van der Waals surface area contributed by atoms with Crippen molar-refractivity contribution in [3.63, 3.8) is 0 Å². The van der Waals surface area contributed by atoms with E-state index in [1.54, 1.807) is 0 Å². The third-order valence-electron chi connectivity index (χ3n) is 4.36. The topological polar surface area (TPSA) is 48.2 Å². The number of fused-ring (bicyclic) bond motifs is 1. The average Bonchev–Trinajstić information content (AvgIpc) is 3.15. The summed E-state index contributed by atoms with van der Waals surface area (Å²) in [5, 5.41) is 6.36. The highest BCUT2D eigenvalue weighted by Gasteiger charge is 2.10. The van der Waals surface area contributed by atoms with E-state index >= 15 is 0 Å². The van der Waals surface area contributed by atoms with Crippen LogP contribution >= 0.6 is 0 Å². The molecule has 4 rings (SSSR count). The molecule has 4 aromatic rings. The van der Waals surface area contributed by atoms with Crippen LogP contribution in [-0.4, -0.2) is 10.1 Å². The largest absolute Gasteiger partial charge is 0.485 e. The maximum absolute atomic E-state index is 5.82. The van der Waals surface area contributed by atoms with Crippen LogP contribution in [0.3, 0.4) is 0 Å². The average molecular weight is 344 g/mol. The van der Waals surface area contributed by atoms with E-state index in [2.05, 4.69) is 60.4 Å². The zero-order chi connectivity index (χ0) is 17.9. The first-order valence-electron chi connectivity index (χ1n) is 8.73. The highest BCUT2D eigenvalue weighted by Crippen LogP contribution is 2.24. The van der Waals surface area contributed by atoms with Crippen molar-refractivity contribution < 1.29 is 9.26 Å². The first-order chi connectivity index (χ1) is 12.7. The molecule has 1 aromatic heterocycles. The molecule has 1 heterocycles. The van der Waals surface area contributed by atoms with Crippen LogP contribution in [0.15, 0.2) is 71.3 Å². The van der Waals surface area contributed by atoms with Crippen LogP contribution in [0.2, 0.25) is 0 Å². The lowest BCUT2D eigenvalue weighted by molar-refractivity contribution is 0.286. The molecular formula is C22H20N2O2. The van der Waals surface area contributed by atoms with Gasteiger partial charge in [0.15, 0.2) is 6.61 Å². The number of benzene rings is 3. The lowest BCUT2D eigenvalue weighted by Crippen LogP contribution is -1.98. The molecule has 3 aromatic carbocycles. The third-order valence-corrected chi connectivity index (χ3v) is 4.36. The van der Waals surface area contributed by atoms with E-state index in [9.17, 15) is 0 Å². The maximum Gasteiger partial charge on any atom is 0.258 e. The Kier molecular flexibility index (Phi) is 4.40. The summed E-state index contributed by atoms with van der Waals surface area (Å²) in [6, 6.07) is 22.4. The molecule has 4 heteroatoms. The quantitative estimate of drug-likeness (QED) is 0.473. The van der Waals surface area contributed by atoms with Gasteiger partial charge in [-0.15, -0.1) is 0 Å². The maximum atomic E-state index is 5.82. The van der Waals surface area contributed by atoms with Crippen molar-refractivity contribution in [1.29, 1.82) is 0 Å². The monoisotopic (exact) mass is 344 g/mol. The van der Waals surface area contributed by atoms with E-state index in [0.29, 0.717) is 17.6 Å². The van der Waals surface area contributed by atoms with Gasteiger partial charge in [0.1, 0.15) is 5.75 Å². The molecule has 0 aliphatic heterocycles. The van der Waals surface area contributed by atoms with Crippen LogP contribution in [0.25, 0.3) is 22.2 Å². The molecule has 26 heavy (non-hydrogen) atoms. The Hall–Kier alpha value is -3.14. The van der Waals surface area contributed by atoms with Gasteiger partial charge in [0.2, 0.25) is 5.82 Å². The Morgan fingerprint density at radius 1 is 0.923 bits per heavy atom. The van der Waals surface area contributed by atoms with Gasteiger partial charge in [0, 0.05) is 5.56 Å². The highest BCUT2D eigenvalue weighted by atomic mass is 16.5. The molecule has 0 spiro atoms. The molecule has 0 amide bonds. The SMILES string of the molecule is CC(C)c1cccc(OCc2noc(-c3ccc4ccccc4c3)n2)c1. The summed E-state index contributed by atoms with van der Waals surface area (Å²) < 4.78 is 11.2. The van der Waals surface area contributed by atoms with Gasteiger partial charge in [-0.2, -0.15) is 4.98 Å².